The summed E-state index contributed by atoms with van der Waals surface area (Å²) in [6, 6.07) is 1.93. The number of carbonyl (C=O) groups excluding carboxylic acids is 1. The van der Waals surface area contributed by atoms with Crippen LogP contribution in [0.1, 0.15) is 17.8 Å². The first-order valence-electron chi connectivity index (χ1n) is 7.65. The number of urea groups is 1. The topological polar surface area (TPSA) is 74.2 Å². The van der Waals surface area contributed by atoms with E-state index in [0.717, 1.165) is 31.6 Å². The molecule has 0 aromatic carbocycles. The molecule has 1 aliphatic heterocycles. The summed E-state index contributed by atoms with van der Waals surface area (Å²) in [6.45, 7) is 7.05. The Hall–Kier alpha value is -2.22. The number of pyridine rings is 1. The minimum absolute atomic E-state index is 0.102. The molecule has 3 heterocycles. The van der Waals surface area contributed by atoms with Crippen LogP contribution in [0.3, 0.4) is 0 Å². The molecule has 0 spiro atoms. The fourth-order valence-electron chi connectivity index (χ4n) is 2.70. The molecular formula is C15H20N6OS. The van der Waals surface area contributed by atoms with Gasteiger partial charge in [-0.15, -0.1) is 0 Å². The highest BCUT2D eigenvalue weighted by Crippen LogP contribution is 2.20. The molecule has 2 aromatic rings. The van der Waals surface area contributed by atoms with Crippen molar-refractivity contribution in [3.63, 3.8) is 0 Å². The highest BCUT2D eigenvalue weighted by molar-refractivity contribution is 7.09. The monoisotopic (exact) mass is 332 g/mol. The van der Waals surface area contributed by atoms with E-state index in [2.05, 4.69) is 31.5 Å². The van der Waals surface area contributed by atoms with Crippen LogP contribution in [0.2, 0.25) is 0 Å². The third kappa shape index (κ3) is 3.76. The maximum atomic E-state index is 12.4. The SMILES string of the molecule is Cc1nsc(NC(=O)N2CCCN(c3ccncc3C)CC2)n1. The molecule has 1 saturated heterocycles. The Balaban J connectivity index is 1.62. The number of rotatable bonds is 2. The molecule has 0 unspecified atom stereocenters. The summed E-state index contributed by atoms with van der Waals surface area (Å²) in [5, 5.41) is 3.38. The summed E-state index contributed by atoms with van der Waals surface area (Å²) in [5.74, 6) is 0.681. The molecule has 0 aliphatic carbocycles. The Kier molecular flexibility index (Phi) is 4.71. The smallest absolute Gasteiger partial charge is 0.323 e. The van der Waals surface area contributed by atoms with Crippen molar-refractivity contribution in [2.45, 2.75) is 20.3 Å². The van der Waals surface area contributed by atoms with E-state index in [4.69, 9.17) is 0 Å². The molecule has 3 rings (SSSR count). The second-order valence-corrected chi connectivity index (χ2v) is 6.32. The number of amides is 2. The first-order chi connectivity index (χ1) is 11.1. The third-order valence-electron chi connectivity index (χ3n) is 3.86. The van der Waals surface area contributed by atoms with Gasteiger partial charge in [-0.1, -0.05) is 0 Å². The van der Waals surface area contributed by atoms with E-state index in [1.807, 2.05) is 30.3 Å². The van der Waals surface area contributed by atoms with Crippen LogP contribution < -0.4 is 10.2 Å². The Morgan fingerprint density at radius 1 is 1.26 bits per heavy atom. The van der Waals surface area contributed by atoms with E-state index >= 15 is 0 Å². The van der Waals surface area contributed by atoms with Crippen LogP contribution in [0, 0.1) is 13.8 Å². The summed E-state index contributed by atoms with van der Waals surface area (Å²) in [7, 11) is 0. The number of aryl methyl sites for hydroxylation is 2. The van der Waals surface area contributed by atoms with Crippen LogP contribution >= 0.6 is 11.5 Å². The zero-order chi connectivity index (χ0) is 16.2. The van der Waals surface area contributed by atoms with Crippen LogP contribution in [-0.2, 0) is 0 Å². The van der Waals surface area contributed by atoms with Crippen molar-refractivity contribution in [2.75, 3.05) is 36.4 Å². The van der Waals surface area contributed by atoms with E-state index in [0.29, 0.717) is 17.5 Å². The minimum atomic E-state index is -0.102. The van der Waals surface area contributed by atoms with Crippen molar-refractivity contribution in [3.8, 4) is 0 Å². The lowest BCUT2D eigenvalue weighted by molar-refractivity contribution is 0.215. The van der Waals surface area contributed by atoms with Gasteiger partial charge in [0.2, 0.25) is 5.13 Å². The Morgan fingerprint density at radius 2 is 2.13 bits per heavy atom. The second kappa shape index (κ2) is 6.91. The van der Waals surface area contributed by atoms with Crippen LogP contribution in [-0.4, -0.2) is 51.5 Å². The first-order valence-corrected chi connectivity index (χ1v) is 8.42. The summed E-state index contributed by atoms with van der Waals surface area (Å²) in [5.41, 5.74) is 2.36. The van der Waals surface area contributed by atoms with Crippen molar-refractivity contribution < 1.29 is 4.79 Å². The van der Waals surface area contributed by atoms with Crippen LogP contribution in [0.5, 0.6) is 0 Å². The number of carbonyl (C=O) groups is 1. The van der Waals surface area contributed by atoms with Crippen LogP contribution in [0.25, 0.3) is 0 Å². The molecule has 8 heteroatoms. The standard InChI is InChI=1S/C15H20N6OS/c1-11-10-16-5-4-13(11)20-6-3-7-21(9-8-20)15(22)18-14-17-12(2)19-23-14/h4-5,10H,3,6-9H2,1-2H3,(H,17,18,19,22). The van der Waals surface area contributed by atoms with Gasteiger partial charge in [-0.05, 0) is 31.9 Å². The normalized spacial score (nSPS) is 15.4. The second-order valence-electron chi connectivity index (χ2n) is 5.57. The summed E-state index contributed by atoms with van der Waals surface area (Å²) in [6.07, 6.45) is 4.63. The van der Waals surface area contributed by atoms with E-state index in [9.17, 15) is 4.79 Å². The van der Waals surface area contributed by atoms with E-state index in [1.54, 1.807) is 0 Å². The first kappa shape index (κ1) is 15.7. The number of anilines is 2. The number of hydrogen-bond acceptors (Lipinski definition) is 6. The zero-order valence-corrected chi connectivity index (χ0v) is 14.1. The van der Waals surface area contributed by atoms with Gasteiger partial charge in [-0.2, -0.15) is 4.37 Å². The zero-order valence-electron chi connectivity index (χ0n) is 13.3. The van der Waals surface area contributed by atoms with E-state index in [-0.39, 0.29) is 6.03 Å². The quantitative estimate of drug-likeness (QED) is 0.913. The summed E-state index contributed by atoms with van der Waals surface area (Å²) < 4.78 is 4.08. The lowest BCUT2D eigenvalue weighted by atomic mass is 10.2. The van der Waals surface area contributed by atoms with Gasteiger partial charge in [0.25, 0.3) is 0 Å². The predicted octanol–water partition coefficient (Wildman–Crippen LogP) is 2.29. The molecule has 0 atom stereocenters. The van der Waals surface area contributed by atoms with Gasteiger partial charge in [0.1, 0.15) is 5.82 Å². The Morgan fingerprint density at radius 3 is 2.87 bits per heavy atom. The fraction of sp³-hybridized carbons (Fsp3) is 0.467. The van der Waals surface area contributed by atoms with Crippen molar-refractivity contribution in [1.29, 1.82) is 0 Å². The van der Waals surface area contributed by atoms with Crippen LogP contribution in [0.15, 0.2) is 18.5 Å². The van der Waals surface area contributed by atoms with E-state index < -0.39 is 0 Å². The van der Waals surface area contributed by atoms with Crippen molar-refractivity contribution >= 4 is 28.4 Å². The van der Waals surface area contributed by atoms with Gasteiger partial charge in [0.15, 0.2) is 0 Å². The molecule has 0 radical (unpaired) electrons. The highest BCUT2D eigenvalue weighted by atomic mass is 32.1. The molecule has 0 bridgehead atoms. The maximum Gasteiger partial charge on any atom is 0.323 e. The van der Waals surface area contributed by atoms with Gasteiger partial charge in [0.05, 0.1) is 0 Å². The van der Waals surface area contributed by atoms with Crippen molar-refractivity contribution in [1.82, 2.24) is 19.2 Å². The summed E-state index contributed by atoms with van der Waals surface area (Å²) in [4.78, 5) is 24.8. The molecule has 122 valence electrons. The Bertz CT molecular complexity index is 688. The molecule has 1 fully saturated rings. The van der Waals surface area contributed by atoms with Crippen molar-refractivity contribution in [2.24, 2.45) is 0 Å². The molecule has 1 N–H and O–H groups in total. The number of nitrogens with one attached hydrogen (secondary N) is 1. The fourth-order valence-corrected chi connectivity index (χ4v) is 3.27. The Labute approximate surface area is 139 Å². The largest absolute Gasteiger partial charge is 0.369 e. The molecule has 0 saturated carbocycles. The van der Waals surface area contributed by atoms with Gasteiger partial charge < -0.3 is 9.80 Å². The van der Waals surface area contributed by atoms with Crippen molar-refractivity contribution in [3.05, 3.63) is 29.8 Å². The number of aromatic nitrogens is 3. The summed E-state index contributed by atoms with van der Waals surface area (Å²) >= 11 is 1.21. The third-order valence-corrected chi connectivity index (χ3v) is 4.58. The van der Waals surface area contributed by atoms with E-state index in [1.165, 1.54) is 17.2 Å². The predicted molar refractivity (Wildman–Crippen MR) is 91.0 cm³/mol. The molecule has 1 aliphatic rings. The average molecular weight is 332 g/mol. The van der Waals surface area contributed by atoms with Gasteiger partial charge >= 0.3 is 6.03 Å². The number of hydrogen-bond donors (Lipinski definition) is 1. The molecule has 23 heavy (non-hydrogen) atoms. The average Bonchev–Trinajstić information content (AvgIpc) is 2.80. The number of nitrogens with zero attached hydrogens (tertiary/aromatic N) is 5. The molecule has 2 aromatic heterocycles. The lowest BCUT2D eigenvalue weighted by Crippen LogP contribution is -2.38. The molecule has 2 amide bonds. The highest BCUT2D eigenvalue weighted by Gasteiger charge is 2.20. The van der Waals surface area contributed by atoms with Gasteiger partial charge in [-0.3, -0.25) is 10.3 Å². The molecule has 7 nitrogen and oxygen atoms in total. The minimum Gasteiger partial charge on any atom is -0.369 e. The van der Waals surface area contributed by atoms with Gasteiger partial charge in [-0.25, -0.2) is 9.78 Å². The maximum absolute atomic E-state index is 12.4. The van der Waals surface area contributed by atoms with Gasteiger partial charge in [0, 0.05) is 55.8 Å². The van der Waals surface area contributed by atoms with Crippen LogP contribution in [0.4, 0.5) is 15.6 Å². The lowest BCUT2D eigenvalue weighted by Gasteiger charge is -2.24. The molecular weight excluding hydrogens is 312 g/mol.